The van der Waals surface area contributed by atoms with E-state index in [0.717, 1.165) is 82.0 Å². The quantitative estimate of drug-likeness (QED) is 0.563. The number of aliphatic hydroxyl groups is 1. The zero-order valence-electron chi connectivity index (χ0n) is 21.9. The molecule has 7 heteroatoms. The molecule has 1 amide bonds. The Morgan fingerprint density at radius 1 is 1.06 bits per heavy atom. The lowest BCUT2D eigenvalue weighted by Gasteiger charge is -2.35. The van der Waals surface area contributed by atoms with Crippen LogP contribution >= 0.6 is 0 Å². The Labute approximate surface area is 215 Å². The highest BCUT2D eigenvalue weighted by molar-refractivity contribution is 5.82. The van der Waals surface area contributed by atoms with Gasteiger partial charge in [0.15, 0.2) is 0 Å². The van der Waals surface area contributed by atoms with Gasteiger partial charge in [-0.3, -0.25) is 4.79 Å². The molecular weight excluding hydrogens is 450 g/mol. The normalized spacial score (nSPS) is 30.0. The first-order valence-corrected chi connectivity index (χ1v) is 14.7. The van der Waals surface area contributed by atoms with Crippen molar-refractivity contribution in [3.63, 3.8) is 0 Å². The number of anilines is 1. The van der Waals surface area contributed by atoms with Crippen molar-refractivity contribution in [1.29, 1.82) is 0 Å². The summed E-state index contributed by atoms with van der Waals surface area (Å²) >= 11 is 0. The molecule has 0 spiro atoms. The van der Waals surface area contributed by atoms with Crippen LogP contribution in [0.5, 0.6) is 0 Å². The summed E-state index contributed by atoms with van der Waals surface area (Å²) in [4.78, 5) is 25.0. The van der Waals surface area contributed by atoms with Gasteiger partial charge in [0.05, 0.1) is 6.10 Å². The van der Waals surface area contributed by atoms with Crippen LogP contribution in [-0.4, -0.2) is 55.7 Å². The number of fused-ring (bicyclic) bond motifs is 1. The summed E-state index contributed by atoms with van der Waals surface area (Å²) in [6.45, 7) is 3.98. The highest BCUT2D eigenvalue weighted by atomic mass is 16.3. The van der Waals surface area contributed by atoms with Crippen molar-refractivity contribution in [2.75, 3.05) is 18.4 Å². The van der Waals surface area contributed by atoms with Crippen molar-refractivity contribution in [3.05, 3.63) is 18.0 Å². The van der Waals surface area contributed by atoms with Crippen molar-refractivity contribution in [2.24, 2.45) is 11.8 Å². The molecule has 7 nitrogen and oxygen atoms in total. The Bertz CT molecular complexity index is 1060. The van der Waals surface area contributed by atoms with Crippen LogP contribution in [0.25, 0.3) is 11.0 Å². The van der Waals surface area contributed by atoms with Crippen molar-refractivity contribution in [3.8, 4) is 0 Å². The molecule has 36 heavy (non-hydrogen) atoms. The SMILES string of the molecule is CC[C@H]1C[C@@H]1Nc1ncc2c(C3CCN(C(=O)C4CCCCC4)CC3)cn(C3CCC(O)CC3)c2n1. The fraction of sp³-hybridized carbons (Fsp3) is 0.759. The molecule has 4 fully saturated rings. The second kappa shape index (κ2) is 10.3. The third-order valence-electron chi connectivity index (χ3n) is 9.62. The van der Waals surface area contributed by atoms with Gasteiger partial charge in [-0.05, 0) is 75.2 Å². The summed E-state index contributed by atoms with van der Waals surface area (Å²) in [5.41, 5.74) is 2.39. The van der Waals surface area contributed by atoms with E-state index >= 15 is 0 Å². The molecule has 0 aromatic carbocycles. The Morgan fingerprint density at radius 2 is 1.81 bits per heavy atom. The number of likely N-dealkylation sites (tertiary alicyclic amines) is 1. The zero-order valence-corrected chi connectivity index (χ0v) is 21.9. The largest absolute Gasteiger partial charge is 0.393 e. The van der Waals surface area contributed by atoms with Gasteiger partial charge in [0.1, 0.15) is 5.65 Å². The molecular formula is C29H43N5O2. The first-order valence-electron chi connectivity index (χ1n) is 14.7. The van der Waals surface area contributed by atoms with Crippen LogP contribution in [0.3, 0.4) is 0 Å². The maximum Gasteiger partial charge on any atom is 0.225 e. The van der Waals surface area contributed by atoms with Crippen molar-refractivity contribution in [1.82, 2.24) is 19.4 Å². The van der Waals surface area contributed by atoms with E-state index in [4.69, 9.17) is 9.97 Å². The van der Waals surface area contributed by atoms with E-state index < -0.39 is 0 Å². The summed E-state index contributed by atoms with van der Waals surface area (Å²) in [6.07, 6.45) is 18.2. The molecule has 0 radical (unpaired) electrons. The zero-order chi connectivity index (χ0) is 24.6. The average molecular weight is 494 g/mol. The molecule has 6 rings (SSSR count). The minimum Gasteiger partial charge on any atom is -0.393 e. The molecule has 2 aromatic heterocycles. The predicted molar refractivity (Wildman–Crippen MR) is 142 cm³/mol. The Morgan fingerprint density at radius 3 is 2.50 bits per heavy atom. The van der Waals surface area contributed by atoms with Gasteiger partial charge in [-0.2, -0.15) is 4.98 Å². The topological polar surface area (TPSA) is 83.3 Å². The van der Waals surface area contributed by atoms with E-state index in [1.165, 1.54) is 43.1 Å². The minimum absolute atomic E-state index is 0.165. The highest BCUT2D eigenvalue weighted by Gasteiger charge is 2.36. The molecule has 0 unspecified atom stereocenters. The summed E-state index contributed by atoms with van der Waals surface area (Å²) < 4.78 is 2.40. The van der Waals surface area contributed by atoms with Crippen molar-refractivity contribution >= 4 is 22.9 Å². The third-order valence-corrected chi connectivity index (χ3v) is 9.62. The monoisotopic (exact) mass is 493 g/mol. The van der Waals surface area contributed by atoms with Gasteiger partial charge in [-0.15, -0.1) is 0 Å². The van der Waals surface area contributed by atoms with Gasteiger partial charge in [0.25, 0.3) is 0 Å². The summed E-state index contributed by atoms with van der Waals surface area (Å²) in [7, 11) is 0. The van der Waals surface area contributed by atoms with Crippen LogP contribution in [0.4, 0.5) is 5.95 Å². The predicted octanol–water partition coefficient (Wildman–Crippen LogP) is 5.40. The van der Waals surface area contributed by atoms with Crippen LogP contribution in [0.2, 0.25) is 0 Å². The van der Waals surface area contributed by atoms with E-state index in [2.05, 4.69) is 27.9 Å². The van der Waals surface area contributed by atoms with Crippen LogP contribution in [-0.2, 0) is 4.79 Å². The number of piperidine rings is 1. The van der Waals surface area contributed by atoms with Crippen molar-refractivity contribution < 1.29 is 9.90 Å². The summed E-state index contributed by atoms with van der Waals surface area (Å²) in [5.74, 6) is 2.59. The van der Waals surface area contributed by atoms with Gasteiger partial charge < -0.3 is 19.9 Å². The third kappa shape index (κ3) is 4.88. The molecule has 4 aliphatic rings. The fourth-order valence-corrected chi connectivity index (χ4v) is 7.12. The lowest BCUT2D eigenvalue weighted by Crippen LogP contribution is -2.41. The van der Waals surface area contributed by atoms with Crippen LogP contribution in [0.1, 0.15) is 108 Å². The molecule has 1 aliphatic heterocycles. The molecule has 196 valence electrons. The van der Waals surface area contributed by atoms with Gasteiger partial charge in [-0.1, -0.05) is 32.6 Å². The molecule has 3 saturated carbocycles. The molecule has 3 aliphatic carbocycles. The molecule has 1 saturated heterocycles. The number of rotatable bonds is 6. The summed E-state index contributed by atoms with van der Waals surface area (Å²) in [5, 5.41) is 14.8. The second-order valence-electron chi connectivity index (χ2n) is 12.0. The number of amides is 1. The van der Waals surface area contributed by atoms with E-state index in [9.17, 15) is 9.90 Å². The number of aromatic nitrogens is 3. The maximum absolute atomic E-state index is 13.1. The first kappa shape index (κ1) is 24.2. The average Bonchev–Trinajstić information content (AvgIpc) is 3.58. The Balaban J connectivity index is 1.22. The number of aliphatic hydroxyl groups excluding tert-OH is 1. The molecule has 0 bridgehead atoms. The lowest BCUT2D eigenvalue weighted by atomic mass is 9.86. The number of nitrogens with zero attached hydrogens (tertiary/aromatic N) is 4. The maximum atomic E-state index is 13.1. The number of carbonyl (C=O) groups is 1. The number of carbonyl (C=O) groups excluding carboxylic acids is 1. The molecule has 2 aromatic rings. The number of hydrogen-bond acceptors (Lipinski definition) is 5. The number of nitrogens with one attached hydrogen (secondary N) is 1. The molecule has 2 atom stereocenters. The van der Waals surface area contributed by atoms with E-state index in [0.29, 0.717) is 23.9 Å². The van der Waals surface area contributed by atoms with Gasteiger partial charge in [0, 0.05) is 48.9 Å². The van der Waals surface area contributed by atoms with E-state index in [1.54, 1.807) is 0 Å². The molecule has 3 heterocycles. The lowest BCUT2D eigenvalue weighted by molar-refractivity contribution is -0.137. The molecule has 2 N–H and O–H groups in total. The van der Waals surface area contributed by atoms with E-state index in [1.807, 2.05) is 6.20 Å². The smallest absolute Gasteiger partial charge is 0.225 e. The summed E-state index contributed by atoms with van der Waals surface area (Å²) in [6, 6.07) is 0.885. The van der Waals surface area contributed by atoms with Crippen LogP contribution in [0, 0.1) is 11.8 Å². The first-order chi connectivity index (χ1) is 17.6. The minimum atomic E-state index is -0.165. The Kier molecular flexibility index (Phi) is 6.93. The van der Waals surface area contributed by atoms with Gasteiger partial charge in [-0.25, -0.2) is 4.98 Å². The Hall–Kier alpha value is -2.15. The van der Waals surface area contributed by atoms with E-state index in [-0.39, 0.29) is 12.0 Å². The van der Waals surface area contributed by atoms with Crippen LogP contribution in [0.15, 0.2) is 12.4 Å². The standard InChI is InChI=1S/C29H43N5O2/c1-2-19-16-26(19)31-29-30-17-24-25(18-34(27(24)32-29)22-8-10-23(35)11-9-22)20-12-14-33(15-13-20)28(36)21-6-4-3-5-7-21/h17-23,26,35H,2-16H2,1H3,(H,30,31,32)/t19-,22?,23?,26-/m0/s1. The van der Waals surface area contributed by atoms with Crippen molar-refractivity contribution in [2.45, 2.75) is 114 Å². The fourth-order valence-electron chi connectivity index (χ4n) is 7.12. The second-order valence-corrected chi connectivity index (χ2v) is 12.0. The number of hydrogen-bond donors (Lipinski definition) is 2. The highest BCUT2D eigenvalue weighted by Crippen LogP contribution is 2.40. The van der Waals surface area contributed by atoms with Crippen LogP contribution < -0.4 is 5.32 Å². The van der Waals surface area contributed by atoms with Gasteiger partial charge >= 0.3 is 0 Å². The van der Waals surface area contributed by atoms with Gasteiger partial charge in [0.2, 0.25) is 11.9 Å².